The molecule has 1 aliphatic rings. The fourth-order valence-corrected chi connectivity index (χ4v) is 3.59. The van der Waals surface area contributed by atoms with Crippen LogP contribution in [0, 0.1) is 0 Å². The summed E-state index contributed by atoms with van der Waals surface area (Å²) in [6.45, 7) is 2.30. The van der Waals surface area contributed by atoms with E-state index in [4.69, 9.17) is 16.3 Å². The standard InChI is InChI=1S/C18H20ClNO.ClH/c1-12(20-14-6-4-3-5-7-14)15-9-8-13-10-17(19)18(21-2)11-16(13)15;/h3-7,10-12,15,20H,8-9H2,1-2H3;1H/t12-,15+;/m0./s1. The summed E-state index contributed by atoms with van der Waals surface area (Å²) in [6, 6.07) is 15.3. The van der Waals surface area contributed by atoms with Gasteiger partial charge in [-0.3, -0.25) is 0 Å². The molecular weight excluding hydrogens is 317 g/mol. The van der Waals surface area contributed by atoms with E-state index < -0.39 is 0 Å². The third-order valence-electron chi connectivity index (χ3n) is 4.43. The average molecular weight is 338 g/mol. The van der Waals surface area contributed by atoms with Crippen LogP contribution in [0.25, 0.3) is 0 Å². The Labute approximate surface area is 143 Å². The largest absolute Gasteiger partial charge is 1.00 e. The lowest BCUT2D eigenvalue weighted by Gasteiger charge is -2.19. The van der Waals surface area contributed by atoms with Gasteiger partial charge in [-0.1, -0.05) is 29.8 Å². The van der Waals surface area contributed by atoms with Crippen LogP contribution in [0.2, 0.25) is 5.02 Å². The fraction of sp³-hybridized carbons (Fsp3) is 0.333. The minimum atomic E-state index is 0. The number of methoxy groups -OCH3 is 1. The molecule has 0 heterocycles. The molecule has 0 unspecified atom stereocenters. The second-order valence-corrected chi connectivity index (χ2v) is 6.17. The van der Waals surface area contributed by atoms with Gasteiger partial charge >= 0.3 is 0 Å². The van der Waals surface area contributed by atoms with Gasteiger partial charge in [0, 0.05) is 5.92 Å². The van der Waals surface area contributed by atoms with E-state index in [1.807, 2.05) is 0 Å². The lowest BCUT2D eigenvalue weighted by atomic mass is 9.94. The smallest absolute Gasteiger partial charge is 0.137 e. The van der Waals surface area contributed by atoms with Gasteiger partial charge in [-0.25, -0.2) is 0 Å². The predicted molar refractivity (Wildman–Crippen MR) is 86.6 cm³/mol. The molecule has 0 spiro atoms. The Balaban J connectivity index is 0.00000176. The quantitative estimate of drug-likeness (QED) is 0.815. The number of nitrogens with two attached hydrogens (primary N) is 1. The van der Waals surface area contributed by atoms with Gasteiger partial charge in [-0.05, 0) is 55.2 Å². The zero-order valence-corrected chi connectivity index (χ0v) is 14.4. The first-order valence-electron chi connectivity index (χ1n) is 7.45. The number of aryl methyl sites for hydroxylation is 1. The van der Waals surface area contributed by atoms with E-state index in [0.717, 1.165) is 17.2 Å². The molecule has 0 aliphatic heterocycles. The van der Waals surface area contributed by atoms with Crippen LogP contribution >= 0.6 is 11.6 Å². The number of quaternary nitrogens is 1. The van der Waals surface area contributed by atoms with Crippen LogP contribution in [0.15, 0.2) is 42.5 Å². The van der Waals surface area contributed by atoms with Gasteiger partial charge in [-0.15, -0.1) is 0 Å². The van der Waals surface area contributed by atoms with Crippen molar-refractivity contribution in [3.63, 3.8) is 0 Å². The lowest BCUT2D eigenvalue weighted by molar-refractivity contribution is -0.610. The van der Waals surface area contributed by atoms with Crippen molar-refractivity contribution in [2.45, 2.75) is 31.7 Å². The number of ether oxygens (including phenoxy) is 1. The van der Waals surface area contributed by atoms with Crippen molar-refractivity contribution in [2.75, 3.05) is 7.11 Å². The van der Waals surface area contributed by atoms with Crippen LogP contribution < -0.4 is 22.5 Å². The molecule has 118 valence electrons. The molecule has 4 heteroatoms. The van der Waals surface area contributed by atoms with Crippen molar-refractivity contribution in [2.24, 2.45) is 0 Å². The van der Waals surface area contributed by atoms with Gasteiger partial charge in [0.2, 0.25) is 0 Å². The molecule has 22 heavy (non-hydrogen) atoms. The summed E-state index contributed by atoms with van der Waals surface area (Å²) in [6.07, 6.45) is 2.29. The Hall–Kier alpha value is -1.22. The molecule has 0 saturated heterocycles. The van der Waals surface area contributed by atoms with Crippen molar-refractivity contribution in [3.8, 4) is 5.75 Å². The van der Waals surface area contributed by atoms with Gasteiger partial charge in [0.1, 0.15) is 11.4 Å². The third kappa shape index (κ3) is 3.40. The van der Waals surface area contributed by atoms with Crippen molar-refractivity contribution in [3.05, 3.63) is 58.6 Å². The second-order valence-electron chi connectivity index (χ2n) is 5.77. The molecule has 0 bridgehead atoms. The molecule has 2 N–H and O–H groups in total. The molecule has 2 nitrogen and oxygen atoms in total. The first-order valence-corrected chi connectivity index (χ1v) is 7.83. The minimum Gasteiger partial charge on any atom is -1.00 e. The van der Waals surface area contributed by atoms with Crippen molar-refractivity contribution in [1.82, 2.24) is 0 Å². The molecule has 2 atom stereocenters. The fourth-order valence-electron chi connectivity index (χ4n) is 3.32. The summed E-state index contributed by atoms with van der Waals surface area (Å²) in [5.74, 6) is 1.33. The summed E-state index contributed by atoms with van der Waals surface area (Å²) in [4.78, 5) is 0. The maximum Gasteiger partial charge on any atom is 0.137 e. The zero-order chi connectivity index (χ0) is 14.8. The van der Waals surface area contributed by atoms with Crippen LogP contribution in [0.5, 0.6) is 5.75 Å². The van der Waals surface area contributed by atoms with E-state index in [2.05, 4.69) is 54.7 Å². The molecular formula is C18H21Cl2NO. The van der Waals surface area contributed by atoms with Gasteiger partial charge in [0.15, 0.2) is 0 Å². The van der Waals surface area contributed by atoms with Crippen LogP contribution in [-0.4, -0.2) is 13.2 Å². The Kier molecular flexibility index (Phi) is 5.74. The summed E-state index contributed by atoms with van der Waals surface area (Å²) in [5.41, 5.74) is 4.06. The highest BCUT2D eigenvalue weighted by Crippen LogP contribution is 2.40. The molecule has 2 aromatic rings. The number of benzene rings is 2. The third-order valence-corrected chi connectivity index (χ3v) is 4.72. The summed E-state index contributed by atoms with van der Waals surface area (Å²) in [5, 5.41) is 3.08. The summed E-state index contributed by atoms with van der Waals surface area (Å²) in [7, 11) is 1.68. The number of hydrogen-bond acceptors (Lipinski definition) is 1. The van der Waals surface area contributed by atoms with Crippen molar-refractivity contribution in [1.29, 1.82) is 0 Å². The van der Waals surface area contributed by atoms with E-state index in [1.165, 1.54) is 23.2 Å². The normalized spacial score (nSPS) is 17.5. The maximum absolute atomic E-state index is 6.23. The monoisotopic (exact) mass is 337 g/mol. The molecule has 0 amide bonds. The first kappa shape index (κ1) is 17.1. The van der Waals surface area contributed by atoms with Crippen LogP contribution in [0.3, 0.4) is 0 Å². The SMILES string of the molecule is COc1cc2c(cc1Cl)CC[C@@H]2[C@H](C)[NH2+]c1ccccc1.[Cl-]. The minimum absolute atomic E-state index is 0. The molecule has 0 fully saturated rings. The molecule has 2 aromatic carbocycles. The lowest BCUT2D eigenvalue weighted by Crippen LogP contribution is -3.00. The van der Waals surface area contributed by atoms with E-state index in [9.17, 15) is 0 Å². The van der Waals surface area contributed by atoms with E-state index >= 15 is 0 Å². The number of hydrogen-bond donors (Lipinski definition) is 1. The second kappa shape index (κ2) is 7.36. The Morgan fingerprint density at radius 3 is 2.64 bits per heavy atom. The molecule has 0 radical (unpaired) electrons. The highest BCUT2D eigenvalue weighted by Gasteiger charge is 2.30. The van der Waals surface area contributed by atoms with Gasteiger partial charge in [0.25, 0.3) is 0 Å². The van der Waals surface area contributed by atoms with Crippen molar-refractivity contribution >= 4 is 17.3 Å². The highest BCUT2D eigenvalue weighted by atomic mass is 35.5. The Morgan fingerprint density at radius 1 is 1.23 bits per heavy atom. The summed E-state index contributed by atoms with van der Waals surface area (Å²) < 4.78 is 5.37. The predicted octanol–water partition coefficient (Wildman–Crippen LogP) is 0.666. The number of rotatable bonds is 4. The highest BCUT2D eigenvalue weighted by molar-refractivity contribution is 6.32. The summed E-state index contributed by atoms with van der Waals surface area (Å²) >= 11 is 6.23. The average Bonchev–Trinajstić information content (AvgIpc) is 2.90. The van der Waals surface area contributed by atoms with Crippen LogP contribution in [0.1, 0.15) is 30.4 Å². The topological polar surface area (TPSA) is 25.8 Å². The van der Waals surface area contributed by atoms with Crippen LogP contribution in [-0.2, 0) is 6.42 Å². The maximum atomic E-state index is 6.23. The van der Waals surface area contributed by atoms with Crippen molar-refractivity contribution < 1.29 is 22.5 Å². The number of para-hydroxylation sites is 1. The van der Waals surface area contributed by atoms with Gasteiger partial charge < -0.3 is 22.5 Å². The first-order chi connectivity index (χ1) is 10.2. The van der Waals surface area contributed by atoms with E-state index in [1.54, 1.807) is 7.11 Å². The number of fused-ring (bicyclic) bond motifs is 1. The van der Waals surface area contributed by atoms with Gasteiger partial charge in [0.05, 0.1) is 18.2 Å². The van der Waals surface area contributed by atoms with E-state index in [-0.39, 0.29) is 12.4 Å². The van der Waals surface area contributed by atoms with E-state index in [0.29, 0.717) is 12.0 Å². The van der Waals surface area contributed by atoms with Crippen LogP contribution in [0.4, 0.5) is 5.69 Å². The van der Waals surface area contributed by atoms with Gasteiger partial charge in [-0.2, -0.15) is 0 Å². The molecule has 0 saturated carbocycles. The Bertz CT molecular complexity index is 630. The molecule has 0 aromatic heterocycles. The zero-order valence-electron chi connectivity index (χ0n) is 12.9. The molecule has 1 aliphatic carbocycles. The molecule has 3 rings (SSSR count). The number of halogens is 2. The Morgan fingerprint density at radius 2 is 1.95 bits per heavy atom.